The van der Waals surface area contributed by atoms with E-state index in [0.29, 0.717) is 10.6 Å². The van der Waals surface area contributed by atoms with E-state index in [9.17, 15) is 4.79 Å². The van der Waals surface area contributed by atoms with Crippen LogP contribution in [-0.4, -0.2) is 23.6 Å². The Bertz CT molecular complexity index is 366. The molecule has 0 spiro atoms. The summed E-state index contributed by atoms with van der Waals surface area (Å²) in [5, 5.41) is 8.91. The second-order valence-electron chi connectivity index (χ2n) is 2.57. The van der Waals surface area contributed by atoms with Gasteiger partial charge in [-0.15, -0.1) is 23.5 Å². The highest BCUT2D eigenvalue weighted by Crippen LogP contribution is 2.34. The van der Waals surface area contributed by atoms with Crippen molar-refractivity contribution in [1.82, 2.24) is 0 Å². The summed E-state index contributed by atoms with van der Waals surface area (Å²) in [5.41, 5.74) is 6.67. The van der Waals surface area contributed by atoms with Crippen LogP contribution >= 0.6 is 23.5 Å². The SMILES string of the molecule is CSc1ccc(C(=O)O)c(SC)c1N. The molecule has 0 aliphatic carbocycles. The maximum absolute atomic E-state index is 10.9. The van der Waals surface area contributed by atoms with Crippen molar-refractivity contribution in [2.24, 2.45) is 0 Å². The van der Waals surface area contributed by atoms with E-state index >= 15 is 0 Å². The minimum atomic E-state index is -0.936. The molecule has 0 fully saturated rings. The highest BCUT2D eigenvalue weighted by atomic mass is 32.2. The predicted molar refractivity (Wildman–Crippen MR) is 61.4 cm³/mol. The molecule has 3 nitrogen and oxygen atoms in total. The molecule has 0 bridgehead atoms. The van der Waals surface area contributed by atoms with Crippen LogP contribution in [0.3, 0.4) is 0 Å². The van der Waals surface area contributed by atoms with Crippen LogP contribution in [-0.2, 0) is 0 Å². The average Bonchev–Trinajstić information content (AvgIpc) is 2.17. The molecule has 3 N–H and O–H groups in total. The van der Waals surface area contributed by atoms with E-state index in [1.807, 2.05) is 12.5 Å². The zero-order chi connectivity index (χ0) is 10.7. The fraction of sp³-hybridized carbons (Fsp3) is 0.222. The predicted octanol–water partition coefficient (Wildman–Crippen LogP) is 2.41. The monoisotopic (exact) mass is 229 g/mol. The van der Waals surface area contributed by atoms with Gasteiger partial charge >= 0.3 is 5.97 Å². The molecule has 0 aliphatic heterocycles. The number of carboxylic acid groups (broad SMARTS) is 1. The van der Waals surface area contributed by atoms with Gasteiger partial charge in [-0.3, -0.25) is 0 Å². The van der Waals surface area contributed by atoms with E-state index in [-0.39, 0.29) is 5.56 Å². The number of thioether (sulfide) groups is 2. The highest BCUT2D eigenvalue weighted by Gasteiger charge is 2.14. The molecule has 0 saturated carbocycles. The van der Waals surface area contributed by atoms with Crippen LogP contribution in [0.2, 0.25) is 0 Å². The average molecular weight is 229 g/mol. The van der Waals surface area contributed by atoms with Gasteiger partial charge in [-0.2, -0.15) is 0 Å². The number of anilines is 1. The maximum Gasteiger partial charge on any atom is 0.336 e. The number of nitrogen functional groups attached to an aromatic ring is 1. The second kappa shape index (κ2) is 4.61. The molecule has 0 heterocycles. The van der Waals surface area contributed by atoms with Crippen molar-refractivity contribution in [2.75, 3.05) is 18.2 Å². The normalized spacial score (nSPS) is 10.1. The molecule has 1 aromatic rings. The summed E-state index contributed by atoms with van der Waals surface area (Å²) in [7, 11) is 0. The zero-order valence-corrected chi connectivity index (χ0v) is 9.54. The lowest BCUT2D eigenvalue weighted by atomic mass is 10.2. The molecule has 14 heavy (non-hydrogen) atoms. The van der Waals surface area contributed by atoms with Gasteiger partial charge in [0, 0.05) is 9.79 Å². The summed E-state index contributed by atoms with van der Waals surface area (Å²) in [6.45, 7) is 0. The van der Waals surface area contributed by atoms with Crippen molar-refractivity contribution in [3.63, 3.8) is 0 Å². The molecule has 0 atom stereocenters. The van der Waals surface area contributed by atoms with Gasteiger partial charge in [-0.05, 0) is 24.6 Å². The second-order valence-corrected chi connectivity index (χ2v) is 4.23. The summed E-state index contributed by atoms with van der Waals surface area (Å²) in [6.07, 6.45) is 3.73. The van der Waals surface area contributed by atoms with Crippen molar-refractivity contribution in [3.05, 3.63) is 17.7 Å². The minimum absolute atomic E-state index is 0.271. The van der Waals surface area contributed by atoms with Crippen molar-refractivity contribution >= 4 is 35.2 Å². The Kier molecular flexibility index (Phi) is 3.71. The fourth-order valence-electron chi connectivity index (χ4n) is 1.15. The highest BCUT2D eigenvalue weighted by molar-refractivity contribution is 7.99. The van der Waals surface area contributed by atoms with Crippen molar-refractivity contribution in [3.8, 4) is 0 Å². The number of nitrogens with two attached hydrogens (primary N) is 1. The van der Waals surface area contributed by atoms with Crippen LogP contribution in [0.15, 0.2) is 21.9 Å². The number of carbonyl (C=O) groups is 1. The van der Waals surface area contributed by atoms with Gasteiger partial charge in [-0.1, -0.05) is 0 Å². The Labute approximate surface area is 91.1 Å². The molecule has 0 aliphatic rings. The van der Waals surface area contributed by atoms with E-state index in [1.165, 1.54) is 23.5 Å². The summed E-state index contributed by atoms with van der Waals surface area (Å²) < 4.78 is 0. The van der Waals surface area contributed by atoms with Crippen LogP contribution < -0.4 is 5.73 Å². The first-order valence-electron chi connectivity index (χ1n) is 3.85. The molecular formula is C9H11NO2S2. The van der Waals surface area contributed by atoms with Crippen LogP contribution in [0.1, 0.15) is 10.4 Å². The van der Waals surface area contributed by atoms with E-state index in [4.69, 9.17) is 10.8 Å². The Hall–Kier alpha value is -0.810. The smallest absolute Gasteiger partial charge is 0.336 e. The number of carboxylic acids is 1. The van der Waals surface area contributed by atoms with Crippen molar-refractivity contribution < 1.29 is 9.90 Å². The van der Waals surface area contributed by atoms with E-state index in [1.54, 1.807) is 12.1 Å². The van der Waals surface area contributed by atoms with Crippen LogP contribution in [0.25, 0.3) is 0 Å². The first kappa shape index (κ1) is 11.3. The molecular weight excluding hydrogens is 218 g/mol. The first-order chi connectivity index (χ1) is 6.61. The van der Waals surface area contributed by atoms with E-state index in [0.717, 1.165) is 4.90 Å². The number of aromatic carboxylic acids is 1. The van der Waals surface area contributed by atoms with Crippen molar-refractivity contribution in [1.29, 1.82) is 0 Å². The van der Waals surface area contributed by atoms with Gasteiger partial charge < -0.3 is 10.8 Å². The molecule has 0 radical (unpaired) electrons. The van der Waals surface area contributed by atoms with Gasteiger partial charge in [0.2, 0.25) is 0 Å². The van der Waals surface area contributed by atoms with Gasteiger partial charge in [0.15, 0.2) is 0 Å². The lowest BCUT2D eigenvalue weighted by Gasteiger charge is -2.10. The lowest BCUT2D eigenvalue weighted by Crippen LogP contribution is -2.02. The molecule has 0 amide bonds. The standard InChI is InChI=1S/C9H11NO2S2/c1-13-6-4-3-5(9(11)12)8(14-2)7(6)10/h3-4H,10H2,1-2H3,(H,11,12). The molecule has 0 unspecified atom stereocenters. The number of hydrogen-bond acceptors (Lipinski definition) is 4. The summed E-state index contributed by atoms with van der Waals surface area (Å²) in [4.78, 5) is 12.4. The first-order valence-corrected chi connectivity index (χ1v) is 6.30. The number of benzene rings is 1. The number of rotatable bonds is 3. The fourth-order valence-corrected chi connectivity index (χ4v) is 2.44. The maximum atomic E-state index is 10.9. The van der Waals surface area contributed by atoms with Crippen molar-refractivity contribution in [2.45, 2.75) is 9.79 Å². The molecule has 0 aromatic heterocycles. The Morgan fingerprint density at radius 3 is 2.43 bits per heavy atom. The van der Waals surface area contributed by atoms with Gasteiger partial charge in [0.05, 0.1) is 11.3 Å². The molecule has 76 valence electrons. The quantitative estimate of drug-likeness (QED) is 0.615. The Balaban J connectivity index is 3.35. The zero-order valence-electron chi connectivity index (χ0n) is 7.90. The van der Waals surface area contributed by atoms with Crippen LogP contribution in [0, 0.1) is 0 Å². The Morgan fingerprint density at radius 2 is 2.00 bits per heavy atom. The molecule has 1 aromatic carbocycles. The number of hydrogen-bond donors (Lipinski definition) is 2. The lowest BCUT2D eigenvalue weighted by molar-refractivity contribution is 0.0693. The van der Waals surface area contributed by atoms with E-state index < -0.39 is 5.97 Å². The van der Waals surface area contributed by atoms with E-state index in [2.05, 4.69) is 0 Å². The third-order valence-electron chi connectivity index (χ3n) is 1.81. The molecule has 1 rings (SSSR count). The van der Waals surface area contributed by atoms with Crippen LogP contribution in [0.4, 0.5) is 5.69 Å². The third kappa shape index (κ3) is 1.99. The summed E-state index contributed by atoms with van der Waals surface area (Å²) in [5.74, 6) is -0.936. The largest absolute Gasteiger partial charge is 0.478 e. The summed E-state index contributed by atoms with van der Waals surface area (Å²) in [6, 6.07) is 3.33. The minimum Gasteiger partial charge on any atom is -0.478 e. The molecule has 5 heteroatoms. The van der Waals surface area contributed by atoms with Gasteiger partial charge in [0.1, 0.15) is 0 Å². The van der Waals surface area contributed by atoms with Gasteiger partial charge in [0.25, 0.3) is 0 Å². The topological polar surface area (TPSA) is 63.3 Å². The van der Waals surface area contributed by atoms with Gasteiger partial charge in [-0.25, -0.2) is 4.79 Å². The summed E-state index contributed by atoms with van der Waals surface area (Å²) >= 11 is 2.87. The molecule has 0 saturated heterocycles. The third-order valence-corrected chi connectivity index (χ3v) is 3.45. The Morgan fingerprint density at radius 1 is 1.36 bits per heavy atom. The van der Waals surface area contributed by atoms with Crippen LogP contribution in [0.5, 0.6) is 0 Å².